The van der Waals surface area contributed by atoms with Crippen LogP contribution in [0.25, 0.3) is 0 Å². The highest BCUT2D eigenvalue weighted by Gasteiger charge is 2.09. The van der Waals surface area contributed by atoms with E-state index in [0.717, 1.165) is 12.8 Å². The third-order valence-electron chi connectivity index (χ3n) is 2.61. The molecule has 0 saturated carbocycles. The van der Waals surface area contributed by atoms with Crippen LogP contribution in [0.1, 0.15) is 25.8 Å². The summed E-state index contributed by atoms with van der Waals surface area (Å²) >= 11 is 0. The van der Waals surface area contributed by atoms with E-state index in [-0.39, 0.29) is 12.6 Å². The Bertz CT molecular complexity index is 260. The molecule has 2 unspecified atom stereocenters. The summed E-state index contributed by atoms with van der Waals surface area (Å²) in [5.74, 6) is 0. The second-order valence-corrected chi connectivity index (χ2v) is 4.05. The van der Waals surface area contributed by atoms with Crippen LogP contribution in [0.15, 0.2) is 30.3 Å². The van der Waals surface area contributed by atoms with Crippen molar-refractivity contribution in [3.63, 3.8) is 0 Å². The molecule has 1 aromatic carbocycles. The predicted octanol–water partition coefficient (Wildman–Crippen LogP) is 1.98. The van der Waals surface area contributed by atoms with Gasteiger partial charge in [-0.2, -0.15) is 0 Å². The van der Waals surface area contributed by atoms with Crippen molar-refractivity contribution in [1.82, 2.24) is 5.32 Å². The van der Waals surface area contributed by atoms with Crippen molar-refractivity contribution in [2.75, 3.05) is 6.61 Å². The van der Waals surface area contributed by atoms with Gasteiger partial charge in [-0.1, -0.05) is 37.3 Å². The van der Waals surface area contributed by atoms with E-state index in [4.69, 9.17) is 5.11 Å². The molecule has 1 rings (SSSR count). The lowest BCUT2D eigenvalue weighted by molar-refractivity contribution is 0.239. The summed E-state index contributed by atoms with van der Waals surface area (Å²) in [7, 11) is 0. The monoisotopic (exact) mass is 207 g/mol. The lowest BCUT2D eigenvalue weighted by atomic mass is 10.0. The minimum Gasteiger partial charge on any atom is -0.395 e. The van der Waals surface area contributed by atoms with Crippen molar-refractivity contribution in [3.05, 3.63) is 35.9 Å². The molecule has 0 aromatic heterocycles. The zero-order valence-corrected chi connectivity index (χ0v) is 9.61. The van der Waals surface area contributed by atoms with E-state index in [1.54, 1.807) is 0 Å². The van der Waals surface area contributed by atoms with Crippen LogP contribution >= 0.6 is 0 Å². The van der Waals surface area contributed by atoms with Crippen molar-refractivity contribution >= 4 is 0 Å². The van der Waals surface area contributed by atoms with Gasteiger partial charge in [-0.05, 0) is 25.3 Å². The Kier molecular flexibility index (Phi) is 5.37. The number of aliphatic hydroxyl groups is 1. The molecular formula is C13H21NO. The molecule has 0 aliphatic heterocycles. The van der Waals surface area contributed by atoms with Crippen molar-refractivity contribution < 1.29 is 5.11 Å². The Labute approximate surface area is 92.3 Å². The van der Waals surface area contributed by atoms with E-state index in [9.17, 15) is 0 Å². The normalized spacial score (nSPS) is 14.9. The maximum absolute atomic E-state index is 8.98. The quantitative estimate of drug-likeness (QED) is 0.747. The second-order valence-electron chi connectivity index (χ2n) is 4.05. The van der Waals surface area contributed by atoms with Gasteiger partial charge in [0.1, 0.15) is 0 Å². The summed E-state index contributed by atoms with van der Waals surface area (Å²) in [6.45, 7) is 4.38. The van der Waals surface area contributed by atoms with Gasteiger partial charge < -0.3 is 10.4 Å². The van der Waals surface area contributed by atoms with Gasteiger partial charge in [0.05, 0.1) is 6.61 Å². The molecule has 0 bridgehead atoms. The highest BCUT2D eigenvalue weighted by atomic mass is 16.3. The zero-order chi connectivity index (χ0) is 11.1. The summed E-state index contributed by atoms with van der Waals surface area (Å²) in [5.41, 5.74) is 1.35. The first-order valence-electron chi connectivity index (χ1n) is 5.67. The molecule has 84 valence electrons. The molecule has 0 aliphatic carbocycles. The van der Waals surface area contributed by atoms with Crippen LogP contribution in [0, 0.1) is 0 Å². The van der Waals surface area contributed by atoms with Gasteiger partial charge in [0.25, 0.3) is 0 Å². The molecule has 1 aromatic rings. The molecule has 0 radical (unpaired) electrons. The molecule has 2 atom stereocenters. The molecule has 0 aliphatic rings. The summed E-state index contributed by atoms with van der Waals surface area (Å²) in [6, 6.07) is 11.1. The SMILES string of the molecule is CCC(Cc1ccccc1)NC(C)CO. The topological polar surface area (TPSA) is 32.3 Å². The molecule has 15 heavy (non-hydrogen) atoms. The first kappa shape index (κ1) is 12.2. The smallest absolute Gasteiger partial charge is 0.0582 e. The van der Waals surface area contributed by atoms with Gasteiger partial charge in [0, 0.05) is 12.1 Å². The molecular weight excluding hydrogens is 186 g/mol. The first-order valence-corrected chi connectivity index (χ1v) is 5.67. The molecule has 0 amide bonds. The van der Waals surface area contributed by atoms with Crippen LogP contribution in [0.2, 0.25) is 0 Å². The van der Waals surface area contributed by atoms with Crippen LogP contribution in [-0.2, 0) is 6.42 Å². The number of hydrogen-bond acceptors (Lipinski definition) is 2. The van der Waals surface area contributed by atoms with E-state index in [1.165, 1.54) is 5.56 Å². The fourth-order valence-corrected chi connectivity index (χ4v) is 1.67. The van der Waals surface area contributed by atoms with Gasteiger partial charge >= 0.3 is 0 Å². The van der Waals surface area contributed by atoms with E-state index in [2.05, 4.69) is 36.5 Å². The molecule has 0 heterocycles. The Morgan fingerprint density at radius 2 is 1.93 bits per heavy atom. The standard InChI is InChI=1S/C13H21NO/c1-3-13(14-11(2)10-15)9-12-7-5-4-6-8-12/h4-8,11,13-15H,3,9-10H2,1-2H3. The highest BCUT2D eigenvalue weighted by Crippen LogP contribution is 2.06. The Morgan fingerprint density at radius 1 is 1.27 bits per heavy atom. The molecule has 2 nitrogen and oxygen atoms in total. The number of nitrogens with one attached hydrogen (secondary N) is 1. The molecule has 0 fully saturated rings. The van der Waals surface area contributed by atoms with Gasteiger partial charge in [-0.25, -0.2) is 0 Å². The van der Waals surface area contributed by atoms with E-state index >= 15 is 0 Å². The minimum atomic E-state index is 0.179. The fraction of sp³-hybridized carbons (Fsp3) is 0.538. The largest absolute Gasteiger partial charge is 0.395 e. The number of benzene rings is 1. The van der Waals surface area contributed by atoms with Crippen LogP contribution in [-0.4, -0.2) is 23.8 Å². The van der Waals surface area contributed by atoms with Gasteiger partial charge in [0.2, 0.25) is 0 Å². The van der Waals surface area contributed by atoms with Crippen molar-refractivity contribution in [3.8, 4) is 0 Å². The van der Waals surface area contributed by atoms with Crippen LogP contribution in [0.3, 0.4) is 0 Å². The van der Waals surface area contributed by atoms with E-state index in [0.29, 0.717) is 6.04 Å². The third kappa shape index (κ3) is 4.45. The zero-order valence-electron chi connectivity index (χ0n) is 9.61. The predicted molar refractivity (Wildman–Crippen MR) is 63.9 cm³/mol. The first-order chi connectivity index (χ1) is 7.26. The van der Waals surface area contributed by atoms with Crippen molar-refractivity contribution in [2.45, 2.75) is 38.8 Å². The number of rotatable bonds is 6. The summed E-state index contributed by atoms with van der Waals surface area (Å²) in [5, 5.41) is 12.4. The number of hydrogen-bond donors (Lipinski definition) is 2. The van der Waals surface area contributed by atoms with Gasteiger partial charge in [-0.15, -0.1) is 0 Å². The van der Waals surface area contributed by atoms with Crippen LogP contribution in [0.4, 0.5) is 0 Å². The molecule has 2 N–H and O–H groups in total. The average molecular weight is 207 g/mol. The maximum Gasteiger partial charge on any atom is 0.0582 e. The summed E-state index contributed by atoms with van der Waals surface area (Å²) in [6.07, 6.45) is 2.11. The van der Waals surface area contributed by atoms with E-state index in [1.807, 2.05) is 13.0 Å². The van der Waals surface area contributed by atoms with Crippen molar-refractivity contribution in [1.29, 1.82) is 0 Å². The van der Waals surface area contributed by atoms with E-state index < -0.39 is 0 Å². The lowest BCUT2D eigenvalue weighted by Crippen LogP contribution is -2.39. The fourth-order valence-electron chi connectivity index (χ4n) is 1.67. The maximum atomic E-state index is 8.98. The molecule has 0 saturated heterocycles. The summed E-state index contributed by atoms with van der Waals surface area (Å²) < 4.78 is 0. The number of aliphatic hydroxyl groups excluding tert-OH is 1. The molecule has 0 spiro atoms. The van der Waals surface area contributed by atoms with Gasteiger partial charge in [0.15, 0.2) is 0 Å². The highest BCUT2D eigenvalue weighted by molar-refractivity contribution is 5.15. The Balaban J connectivity index is 2.47. The van der Waals surface area contributed by atoms with Crippen LogP contribution in [0.5, 0.6) is 0 Å². The van der Waals surface area contributed by atoms with Crippen molar-refractivity contribution in [2.24, 2.45) is 0 Å². The molecule has 2 heteroatoms. The lowest BCUT2D eigenvalue weighted by Gasteiger charge is -2.21. The van der Waals surface area contributed by atoms with Crippen LogP contribution < -0.4 is 5.32 Å². The Hall–Kier alpha value is -0.860. The summed E-state index contributed by atoms with van der Waals surface area (Å²) in [4.78, 5) is 0. The average Bonchev–Trinajstić information content (AvgIpc) is 2.29. The Morgan fingerprint density at radius 3 is 2.47 bits per heavy atom. The minimum absolute atomic E-state index is 0.179. The second kappa shape index (κ2) is 6.59. The van der Waals surface area contributed by atoms with Gasteiger partial charge in [-0.3, -0.25) is 0 Å². The third-order valence-corrected chi connectivity index (χ3v) is 2.61.